The number of carbonyl (C=O) groups is 1. The van der Waals surface area contributed by atoms with Crippen molar-refractivity contribution in [3.63, 3.8) is 0 Å². The zero-order valence-corrected chi connectivity index (χ0v) is 16.1. The van der Waals surface area contributed by atoms with Crippen molar-refractivity contribution in [1.82, 2.24) is 9.97 Å². The lowest BCUT2D eigenvalue weighted by molar-refractivity contribution is 0.102. The van der Waals surface area contributed by atoms with E-state index in [4.69, 9.17) is 14.5 Å². The summed E-state index contributed by atoms with van der Waals surface area (Å²) in [6.07, 6.45) is 1.65. The predicted molar refractivity (Wildman–Crippen MR) is 110 cm³/mol. The number of nitrogens with zero attached hydrogens (tertiary/aromatic N) is 2. The fourth-order valence-electron chi connectivity index (χ4n) is 2.96. The highest BCUT2D eigenvalue weighted by Gasteiger charge is 2.16. The molecule has 4 rings (SSSR count). The smallest absolute Gasteiger partial charge is 0.258 e. The molecule has 4 aromatic rings. The average Bonchev–Trinajstić information content (AvgIpc) is 3.25. The monoisotopic (exact) mass is 391 g/mol. The molecule has 2 aromatic heterocycles. The van der Waals surface area contributed by atoms with Gasteiger partial charge < -0.3 is 9.47 Å². The average molecular weight is 391 g/mol. The molecule has 1 amide bonds. The third-order valence-corrected chi connectivity index (χ3v) is 4.98. The van der Waals surface area contributed by atoms with Crippen molar-refractivity contribution < 1.29 is 14.3 Å². The second kappa shape index (κ2) is 7.66. The molecule has 28 heavy (non-hydrogen) atoms. The molecule has 0 unspecified atom stereocenters. The van der Waals surface area contributed by atoms with Gasteiger partial charge in [-0.3, -0.25) is 10.1 Å². The molecule has 0 fully saturated rings. The molecule has 0 atom stereocenters. The SMILES string of the molecule is COc1ccc(-c2cc(C(=O)Nc3nccs3)c3ccccc3n2)cc1OC. The molecular weight excluding hydrogens is 374 g/mol. The highest BCUT2D eigenvalue weighted by molar-refractivity contribution is 7.13. The van der Waals surface area contributed by atoms with Crippen LogP contribution in [0.5, 0.6) is 11.5 Å². The molecule has 0 radical (unpaired) electrons. The van der Waals surface area contributed by atoms with E-state index in [-0.39, 0.29) is 5.91 Å². The minimum Gasteiger partial charge on any atom is -0.493 e. The van der Waals surface area contributed by atoms with E-state index in [9.17, 15) is 4.79 Å². The van der Waals surface area contributed by atoms with Gasteiger partial charge in [0, 0.05) is 22.5 Å². The highest BCUT2D eigenvalue weighted by Crippen LogP contribution is 2.33. The molecule has 0 bridgehead atoms. The maximum atomic E-state index is 12.9. The molecule has 0 aliphatic rings. The van der Waals surface area contributed by atoms with Crippen molar-refractivity contribution in [2.24, 2.45) is 0 Å². The van der Waals surface area contributed by atoms with Crippen molar-refractivity contribution in [1.29, 1.82) is 0 Å². The Bertz CT molecular complexity index is 1140. The number of anilines is 1. The van der Waals surface area contributed by atoms with E-state index in [0.717, 1.165) is 16.5 Å². The molecule has 0 aliphatic heterocycles. The number of aromatic nitrogens is 2. The standard InChI is InChI=1S/C21H17N3O3S/c1-26-18-8-7-13(11-19(18)27-2)17-12-15(14-5-3-4-6-16(14)23-17)20(25)24-21-22-9-10-28-21/h3-12H,1-2H3,(H,22,24,25). The summed E-state index contributed by atoms with van der Waals surface area (Å²) in [4.78, 5) is 21.8. The van der Waals surface area contributed by atoms with Gasteiger partial charge in [0.1, 0.15) is 0 Å². The van der Waals surface area contributed by atoms with E-state index in [1.54, 1.807) is 26.5 Å². The maximum absolute atomic E-state index is 12.9. The van der Waals surface area contributed by atoms with E-state index in [1.807, 2.05) is 47.8 Å². The quantitative estimate of drug-likeness (QED) is 0.537. The number of para-hydroxylation sites is 1. The molecule has 0 saturated heterocycles. The van der Waals surface area contributed by atoms with Crippen LogP contribution < -0.4 is 14.8 Å². The first kappa shape index (κ1) is 17.9. The number of nitrogens with one attached hydrogen (secondary N) is 1. The lowest BCUT2D eigenvalue weighted by atomic mass is 10.0. The third kappa shape index (κ3) is 3.39. The molecule has 0 saturated carbocycles. The second-order valence-electron chi connectivity index (χ2n) is 5.93. The number of amides is 1. The Hall–Kier alpha value is -3.45. The van der Waals surface area contributed by atoms with Gasteiger partial charge in [0.25, 0.3) is 5.91 Å². The summed E-state index contributed by atoms with van der Waals surface area (Å²) in [7, 11) is 3.18. The van der Waals surface area contributed by atoms with Gasteiger partial charge in [-0.25, -0.2) is 9.97 Å². The Kier molecular flexibility index (Phi) is 4.90. The first-order chi connectivity index (χ1) is 13.7. The van der Waals surface area contributed by atoms with Gasteiger partial charge in [-0.1, -0.05) is 18.2 Å². The van der Waals surface area contributed by atoms with Gasteiger partial charge >= 0.3 is 0 Å². The number of thiazole rings is 1. The lowest BCUT2D eigenvalue weighted by Crippen LogP contribution is -2.12. The fraction of sp³-hybridized carbons (Fsp3) is 0.0952. The molecule has 2 aromatic carbocycles. The Balaban J connectivity index is 1.83. The molecule has 0 spiro atoms. The molecule has 140 valence electrons. The van der Waals surface area contributed by atoms with Crippen LogP contribution >= 0.6 is 11.3 Å². The summed E-state index contributed by atoms with van der Waals surface area (Å²) < 4.78 is 10.7. The van der Waals surface area contributed by atoms with Crippen molar-refractivity contribution in [2.75, 3.05) is 19.5 Å². The number of methoxy groups -OCH3 is 2. The summed E-state index contributed by atoms with van der Waals surface area (Å²) in [5.41, 5.74) is 2.76. The molecule has 1 N–H and O–H groups in total. The van der Waals surface area contributed by atoms with Gasteiger partial charge in [-0.05, 0) is 30.3 Å². The van der Waals surface area contributed by atoms with Crippen molar-refractivity contribution in [3.8, 4) is 22.8 Å². The number of ether oxygens (including phenoxy) is 2. The van der Waals surface area contributed by atoms with Crippen LogP contribution in [0.1, 0.15) is 10.4 Å². The van der Waals surface area contributed by atoms with Crippen molar-refractivity contribution in [3.05, 3.63) is 65.7 Å². The molecule has 7 heteroatoms. The van der Waals surface area contributed by atoms with E-state index in [0.29, 0.717) is 27.9 Å². The first-order valence-electron chi connectivity index (χ1n) is 8.52. The van der Waals surface area contributed by atoms with Gasteiger partial charge in [0.15, 0.2) is 16.6 Å². The summed E-state index contributed by atoms with van der Waals surface area (Å²) in [6.45, 7) is 0. The van der Waals surface area contributed by atoms with Crippen LogP contribution in [0.25, 0.3) is 22.2 Å². The summed E-state index contributed by atoms with van der Waals surface area (Å²) in [5.74, 6) is 1.01. The third-order valence-electron chi connectivity index (χ3n) is 4.29. The Labute approximate surface area is 165 Å². The summed E-state index contributed by atoms with van der Waals surface area (Å²) in [6, 6.07) is 14.9. The normalized spacial score (nSPS) is 10.6. The zero-order chi connectivity index (χ0) is 19.5. The second-order valence-corrected chi connectivity index (χ2v) is 6.83. The lowest BCUT2D eigenvalue weighted by Gasteiger charge is -2.12. The zero-order valence-electron chi connectivity index (χ0n) is 15.3. The Morgan fingerprint density at radius 3 is 2.61 bits per heavy atom. The van der Waals surface area contributed by atoms with Crippen LogP contribution in [0.15, 0.2) is 60.1 Å². The van der Waals surface area contributed by atoms with Crippen LogP contribution in [0.4, 0.5) is 5.13 Å². The van der Waals surface area contributed by atoms with E-state index >= 15 is 0 Å². The molecular formula is C21H17N3O3S. The number of benzene rings is 2. The predicted octanol–water partition coefficient (Wildman–Crippen LogP) is 4.63. The van der Waals surface area contributed by atoms with Crippen LogP contribution in [-0.2, 0) is 0 Å². The summed E-state index contributed by atoms with van der Waals surface area (Å²) in [5, 5.41) is 5.99. The van der Waals surface area contributed by atoms with E-state index in [1.165, 1.54) is 11.3 Å². The maximum Gasteiger partial charge on any atom is 0.258 e. The van der Waals surface area contributed by atoms with Crippen LogP contribution in [0.3, 0.4) is 0 Å². The van der Waals surface area contributed by atoms with E-state index < -0.39 is 0 Å². The van der Waals surface area contributed by atoms with Crippen LogP contribution in [0.2, 0.25) is 0 Å². The van der Waals surface area contributed by atoms with Gasteiger partial charge in [-0.15, -0.1) is 11.3 Å². The van der Waals surface area contributed by atoms with Crippen molar-refractivity contribution >= 4 is 33.3 Å². The number of carbonyl (C=O) groups excluding carboxylic acids is 1. The highest BCUT2D eigenvalue weighted by atomic mass is 32.1. The van der Waals surface area contributed by atoms with Crippen molar-refractivity contribution in [2.45, 2.75) is 0 Å². The number of hydrogen-bond acceptors (Lipinski definition) is 6. The minimum atomic E-state index is -0.227. The van der Waals surface area contributed by atoms with E-state index in [2.05, 4.69) is 10.3 Å². The minimum absolute atomic E-state index is 0.227. The molecule has 6 nitrogen and oxygen atoms in total. The molecule has 0 aliphatic carbocycles. The number of pyridine rings is 1. The fourth-order valence-corrected chi connectivity index (χ4v) is 3.48. The van der Waals surface area contributed by atoms with Gasteiger partial charge in [0.05, 0.1) is 31.0 Å². The Morgan fingerprint density at radius 1 is 1.04 bits per heavy atom. The number of fused-ring (bicyclic) bond motifs is 1. The summed E-state index contributed by atoms with van der Waals surface area (Å²) >= 11 is 1.37. The molecule has 2 heterocycles. The first-order valence-corrected chi connectivity index (χ1v) is 9.40. The van der Waals surface area contributed by atoms with Crippen LogP contribution in [-0.4, -0.2) is 30.1 Å². The number of hydrogen-bond donors (Lipinski definition) is 1. The number of rotatable bonds is 5. The Morgan fingerprint density at radius 2 is 1.86 bits per heavy atom. The van der Waals surface area contributed by atoms with Gasteiger partial charge in [-0.2, -0.15) is 0 Å². The van der Waals surface area contributed by atoms with Gasteiger partial charge in [0.2, 0.25) is 0 Å². The topological polar surface area (TPSA) is 73.3 Å². The largest absolute Gasteiger partial charge is 0.493 e. The van der Waals surface area contributed by atoms with Crippen LogP contribution in [0, 0.1) is 0 Å².